The molecular weight excluding hydrogens is 188 g/mol. The van der Waals surface area contributed by atoms with Crippen molar-refractivity contribution in [3.8, 4) is 0 Å². The van der Waals surface area contributed by atoms with Crippen LogP contribution in [-0.2, 0) is 0 Å². The molecule has 1 aliphatic carbocycles. The van der Waals surface area contributed by atoms with Crippen LogP contribution in [0.3, 0.4) is 0 Å². The van der Waals surface area contributed by atoms with E-state index < -0.39 is 0 Å². The Balaban J connectivity index is 1.95. The summed E-state index contributed by atoms with van der Waals surface area (Å²) in [4.78, 5) is 13.8. The average molecular weight is 210 g/mol. The Labute approximate surface area is 92.2 Å². The molecule has 3 atom stereocenters. The average Bonchev–Trinajstić information content (AvgIpc) is 2.23. The first-order valence-electron chi connectivity index (χ1n) is 6.23. The van der Waals surface area contributed by atoms with Crippen molar-refractivity contribution in [3.63, 3.8) is 0 Å². The van der Waals surface area contributed by atoms with E-state index in [4.69, 9.17) is 0 Å². The van der Waals surface area contributed by atoms with Crippen LogP contribution in [0.1, 0.15) is 39.5 Å². The molecule has 0 radical (unpaired) electrons. The Morgan fingerprint density at radius 1 is 1.27 bits per heavy atom. The highest BCUT2D eigenvalue weighted by molar-refractivity contribution is 5.75. The van der Waals surface area contributed by atoms with Gasteiger partial charge in [0.1, 0.15) is 0 Å². The maximum absolute atomic E-state index is 11.7. The molecule has 1 N–H and O–H groups in total. The molecule has 1 heterocycles. The predicted octanol–water partition coefficient (Wildman–Crippen LogP) is 2.23. The van der Waals surface area contributed by atoms with Crippen LogP contribution in [-0.4, -0.2) is 30.1 Å². The quantitative estimate of drug-likeness (QED) is 0.707. The smallest absolute Gasteiger partial charge is 0.317 e. The zero-order chi connectivity index (χ0) is 10.8. The first-order chi connectivity index (χ1) is 7.18. The third-order valence-corrected chi connectivity index (χ3v) is 4.12. The molecule has 2 amide bonds. The van der Waals surface area contributed by atoms with Gasteiger partial charge in [0.2, 0.25) is 0 Å². The Morgan fingerprint density at radius 2 is 2.07 bits per heavy atom. The number of urea groups is 1. The highest BCUT2D eigenvalue weighted by atomic mass is 16.2. The molecule has 2 aliphatic rings. The van der Waals surface area contributed by atoms with Gasteiger partial charge in [-0.3, -0.25) is 0 Å². The second-order valence-electron chi connectivity index (χ2n) is 5.20. The SMILES string of the molecule is CC1CCC(N2CCCNC2=O)CC1C. The number of nitrogens with one attached hydrogen (secondary N) is 1. The van der Waals surface area contributed by atoms with Crippen LogP contribution in [0.15, 0.2) is 0 Å². The van der Waals surface area contributed by atoms with Gasteiger partial charge in [-0.15, -0.1) is 0 Å². The molecule has 3 unspecified atom stereocenters. The van der Waals surface area contributed by atoms with Gasteiger partial charge in [-0.05, 0) is 37.5 Å². The third-order valence-electron chi connectivity index (χ3n) is 4.12. The molecule has 3 heteroatoms. The second kappa shape index (κ2) is 4.42. The Bertz CT molecular complexity index is 242. The van der Waals surface area contributed by atoms with Crippen LogP contribution in [0.5, 0.6) is 0 Å². The number of nitrogens with zero attached hydrogens (tertiary/aromatic N) is 1. The van der Waals surface area contributed by atoms with Crippen molar-refractivity contribution in [2.24, 2.45) is 11.8 Å². The monoisotopic (exact) mass is 210 g/mol. The topological polar surface area (TPSA) is 32.3 Å². The molecule has 1 saturated heterocycles. The van der Waals surface area contributed by atoms with Crippen molar-refractivity contribution in [2.45, 2.75) is 45.6 Å². The van der Waals surface area contributed by atoms with Crippen molar-refractivity contribution in [2.75, 3.05) is 13.1 Å². The van der Waals surface area contributed by atoms with Gasteiger partial charge in [-0.2, -0.15) is 0 Å². The zero-order valence-electron chi connectivity index (χ0n) is 9.83. The summed E-state index contributed by atoms with van der Waals surface area (Å²) in [6.45, 7) is 6.46. The first kappa shape index (κ1) is 10.8. The van der Waals surface area contributed by atoms with E-state index in [0.717, 1.165) is 31.3 Å². The summed E-state index contributed by atoms with van der Waals surface area (Å²) < 4.78 is 0. The van der Waals surface area contributed by atoms with Crippen LogP contribution < -0.4 is 5.32 Å². The van der Waals surface area contributed by atoms with Crippen molar-refractivity contribution in [1.82, 2.24) is 10.2 Å². The number of carbonyl (C=O) groups is 1. The van der Waals surface area contributed by atoms with Crippen LogP contribution in [0.25, 0.3) is 0 Å². The molecule has 0 aromatic rings. The summed E-state index contributed by atoms with van der Waals surface area (Å²) in [7, 11) is 0. The maximum atomic E-state index is 11.7. The molecule has 2 fully saturated rings. The van der Waals surface area contributed by atoms with Gasteiger partial charge in [0.15, 0.2) is 0 Å². The molecule has 0 spiro atoms. The van der Waals surface area contributed by atoms with E-state index in [9.17, 15) is 4.79 Å². The van der Waals surface area contributed by atoms with Crippen LogP contribution in [0.2, 0.25) is 0 Å². The summed E-state index contributed by atoms with van der Waals surface area (Å²) >= 11 is 0. The lowest BCUT2D eigenvalue weighted by Crippen LogP contribution is -2.52. The number of hydrogen-bond acceptors (Lipinski definition) is 1. The lowest BCUT2D eigenvalue weighted by Gasteiger charge is -2.40. The van der Waals surface area contributed by atoms with Gasteiger partial charge < -0.3 is 10.2 Å². The Kier molecular flexibility index (Phi) is 3.17. The number of rotatable bonds is 1. The maximum Gasteiger partial charge on any atom is 0.317 e. The van der Waals surface area contributed by atoms with E-state index in [1.54, 1.807) is 0 Å². The molecule has 0 aromatic heterocycles. The molecular formula is C12H22N2O. The third kappa shape index (κ3) is 2.27. The van der Waals surface area contributed by atoms with E-state index in [-0.39, 0.29) is 6.03 Å². The minimum absolute atomic E-state index is 0.160. The molecule has 15 heavy (non-hydrogen) atoms. The molecule has 1 saturated carbocycles. The molecule has 1 aliphatic heterocycles. The molecule has 2 rings (SSSR count). The summed E-state index contributed by atoms with van der Waals surface area (Å²) in [6, 6.07) is 0.657. The number of amides is 2. The van der Waals surface area contributed by atoms with Crippen molar-refractivity contribution in [1.29, 1.82) is 0 Å². The van der Waals surface area contributed by atoms with Crippen LogP contribution in [0, 0.1) is 11.8 Å². The van der Waals surface area contributed by atoms with Crippen molar-refractivity contribution in [3.05, 3.63) is 0 Å². The van der Waals surface area contributed by atoms with E-state index in [1.807, 2.05) is 0 Å². The zero-order valence-corrected chi connectivity index (χ0v) is 9.83. The summed E-state index contributed by atoms with van der Waals surface area (Å²) in [5.41, 5.74) is 0. The fourth-order valence-corrected chi connectivity index (χ4v) is 2.80. The van der Waals surface area contributed by atoms with E-state index in [2.05, 4.69) is 24.1 Å². The summed E-state index contributed by atoms with van der Waals surface area (Å²) in [6.07, 6.45) is 4.76. The van der Waals surface area contributed by atoms with E-state index >= 15 is 0 Å². The molecule has 0 bridgehead atoms. The predicted molar refractivity (Wildman–Crippen MR) is 60.7 cm³/mol. The lowest BCUT2D eigenvalue weighted by atomic mass is 9.78. The Hall–Kier alpha value is -0.730. The second-order valence-corrected chi connectivity index (χ2v) is 5.20. The molecule has 86 valence electrons. The van der Waals surface area contributed by atoms with Gasteiger partial charge in [0.25, 0.3) is 0 Å². The first-order valence-corrected chi connectivity index (χ1v) is 6.23. The van der Waals surface area contributed by atoms with Gasteiger partial charge in [0, 0.05) is 19.1 Å². The minimum atomic E-state index is 0.160. The van der Waals surface area contributed by atoms with Crippen LogP contribution >= 0.6 is 0 Å². The largest absolute Gasteiger partial charge is 0.338 e. The standard InChI is InChI=1S/C12H22N2O/c1-9-4-5-11(8-10(9)2)14-7-3-6-13-12(14)15/h9-11H,3-8H2,1-2H3,(H,13,15). The summed E-state index contributed by atoms with van der Waals surface area (Å²) in [5.74, 6) is 1.59. The lowest BCUT2D eigenvalue weighted by molar-refractivity contribution is 0.113. The van der Waals surface area contributed by atoms with Gasteiger partial charge in [-0.25, -0.2) is 4.79 Å². The Morgan fingerprint density at radius 3 is 2.73 bits per heavy atom. The van der Waals surface area contributed by atoms with E-state index in [1.165, 1.54) is 19.3 Å². The highest BCUT2D eigenvalue weighted by Gasteiger charge is 2.31. The van der Waals surface area contributed by atoms with Crippen molar-refractivity contribution >= 4 is 6.03 Å². The van der Waals surface area contributed by atoms with Gasteiger partial charge in [-0.1, -0.05) is 13.8 Å². The normalized spacial score (nSPS) is 37.6. The van der Waals surface area contributed by atoms with Gasteiger partial charge >= 0.3 is 6.03 Å². The number of hydrogen-bond donors (Lipinski definition) is 1. The van der Waals surface area contributed by atoms with E-state index in [0.29, 0.717) is 6.04 Å². The van der Waals surface area contributed by atoms with Gasteiger partial charge in [0.05, 0.1) is 0 Å². The summed E-state index contributed by atoms with van der Waals surface area (Å²) in [5, 5.41) is 2.94. The van der Waals surface area contributed by atoms with Crippen LogP contribution in [0.4, 0.5) is 4.79 Å². The molecule has 3 nitrogen and oxygen atoms in total. The fraction of sp³-hybridized carbons (Fsp3) is 0.917. The van der Waals surface area contributed by atoms with Crippen molar-refractivity contribution < 1.29 is 4.79 Å². The molecule has 0 aromatic carbocycles. The minimum Gasteiger partial charge on any atom is -0.338 e. The highest BCUT2D eigenvalue weighted by Crippen LogP contribution is 2.32. The number of carbonyl (C=O) groups excluding carboxylic acids is 1. The fourth-order valence-electron chi connectivity index (χ4n) is 2.80.